The third kappa shape index (κ3) is 17.5. The summed E-state index contributed by atoms with van der Waals surface area (Å²) in [5.41, 5.74) is -2.26. The molecule has 0 aliphatic rings. The summed E-state index contributed by atoms with van der Waals surface area (Å²) in [4.78, 5) is 56.0. The number of aliphatic hydroxyl groups is 3. The molecule has 13 nitrogen and oxygen atoms in total. The Kier molecular flexibility index (Phi) is 19.5. The van der Waals surface area contributed by atoms with Crippen molar-refractivity contribution in [2.75, 3.05) is 46.2 Å². The predicted octanol–water partition coefficient (Wildman–Crippen LogP) is -0.975. The lowest BCUT2D eigenvalue weighted by Gasteiger charge is -2.23. The highest BCUT2D eigenvalue weighted by molar-refractivity contribution is 5.90. The topological polar surface area (TPSA) is 192 Å². The maximum Gasteiger partial charge on any atom is 0.339 e. The Morgan fingerprint density at radius 2 is 0.970 bits per heavy atom. The quantitative estimate of drug-likeness (QED) is 0.191. The van der Waals surface area contributed by atoms with Gasteiger partial charge < -0.3 is 39.0 Å². The van der Waals surface area contributed by atoms with Gasteiger partial charge in [-0.1, -0.05) is 0 Å². The maximum atomic E-state index is 11.7. The molecule has 0 saturated carbocycles. The Hall–Kier alpha value is -2.77. The summed E-state index contributed by atoms with van der Waals surface area (Å²) in [6.45, 7) is 4.36. The molecule has 0 atom stereocenters. The van der Waals surface area contributed by atoms with Gasteiger partial charge >= 0.3 is 29.8 Å². The molecule has 0 unspecified atom stereocenters. The van der Waals surface area contributed by atoms with Gasteiger partial charge in [0.25, 0.3) is 0 Å². The first-order valence-corrected chi connectivity index (χ1v) is 10.3. The summed E-state index contributed by atoms with van der Waals surface area (Å²) in [5.74, 6) is -3.74. The summed E-state index contributed by atoms with van der Waals surface area (Å²) in [5, 5.41) is 26.8. The molecular weight excluding hydrogens is 448 g/mol. The summed E-state index contributed by atoms with van der Waals surface area (Å²) in [7, 11) is 0. The molecule has 0 heterocycles. The van der Waals surface area contributed by atoms with Crippen molar-refractivity contribution in [3.8, 4) is 0 Å². The Balaban J connectivity index is 0. The molecule has 33 heavy (non-hydrogen) atoms. The van der Waals surface area contributed by atoms with Crippen LogP contribution < -0.4 is 0 Å². The van der Waals surface area contributed by atoms with Crippen LogP contribution in [0.1, 0.15) is 46.5 Å². The molecule has 3 N–H and O–H groups in total. The van der Waals surface area contributed by atoms with Gasteiger partial charge in [-0.05, 0) is 20.8 Å². The molecule has 0 amide bonds. The van der Waals surface area contributed by atoms with E-state index in [1.807, 2.05) is 0 Å². The first kappa shape index (κ1) is 32.4. The van der Waals surface area contributed by atoms with E-state index in [0.29, 0.717) is 0 Å². The van der Waals surface area contributed by atoms with Crippen molar-refractivity contribution >= 4 is 29.8 Å². The van der Waals surface area contributed by atoms with E-state index in [2.05, 4.69) is 23.7 Å². The minimum absolute atomic E-state index is 0.0206. The Morgan fingerprint density at radius 1 is 0.606 bits per heavy atom. The van der Waals surface area contributed by atoms with Gasteiger partial charge in [0.2, 0.25) is 0 Å². The smallest absolute Gasteiger partial charge is 0.339 e. The standard InChI is InChI=1S/C12H20O7.C8H14O6/c1-4-17-9(13)7-12(16,11(15)19-6-3)8-10(14)18-5-2;9-3-5-13-7(11)1-2-8(12)14-6-4-10/h16H,4-8H2,1-3H3;9-10H,1-6H2. The van der Waals surface area contributed by atoms with Gasteiger partial charge in [-0.15, -0.1) is 0 Å². The molecule has 0 spiro atoms. The monoisotopic (exact) mass is 482 g/mol. The van der Waals surface area contributed by atoms with E-state index in [-0.39, 0.29) is 59.1 Å². The first-order valence-electron chi connectivity index (χ1n) is 10.3. The van der Waals surface area contributed by atoms with Crippen LogP contribution >= 0.6 is 0 Å². The number of rotatable bonds is 15. The van der Waals surface area contributed by atoms with Gasteiger partial charge in [0.05, 0.1) is 58.7 Å². The molecule has 13 heteroatoms. The van der Waals surface area contributed by atoms with Gasteiger partial charge in [-0.3, -0.25) is 19.2 Å². The van der Waals surface area contributed by atoms with Crippen molar-refractivity contribution in [3.63, 3.8) is 0 Å². The number of hydrogen-bond donors (Lipinski definition) is 3. The van der Waals surface area contributed by atoms with E-state index in [0.717, 1.165) is 0 Å². The molecule has 192 valence electrons. The van der Waals surface area contributed by atoms with Crippen LogP contribution in [-0.2, 0) is 47.7 Å². The van der Waals surface area contributed by atoms with Crippen molar-refractivity contribution in [2.24, 2.45) is 0 Å². The lowest BCUT2D eigenvalue weighted by Crippen LogP contribution is -2.44. The lowest BCUT2D eigenvalue weighted by atomic mass is 9.95. The molecule has 0 aliphatic carbocycles. The molecule has 0 aromatic heterocycles. The fraction of sp³-hybridized carbons (Fsp3) is 0.750. The predicted molar refractivity (Wildman–Crippen MR) is 109 cm³/mol. The van der Waals surface area contributed by atoms with Gasteiger partial charge in [0.15, 0.2) is 5.60 Å². The zero-order valence-corrected chi connectivity index (χ0v) is 19.2. The van der Waals surface area contributed by atoms with Gasteiger partial charge in [0.1, 0.15) is 13.2 Å². The Morgan fingerprint density at radius 3 is 1.27 bits per heavy atom. The van der Waals surface area contributed by atoms with Crippen LogP contribution in [0.15, 0.2) is 0 Å². The van der Waals surface area contributed by atoms with Crippen LogP contribution in [0, 0.1) is 0 Å². The highest BCUT2D eigenvalue weighted by Crippen LogP contribution is 2.19. The fourth-order valence-electron chi connectivity index (χ4n) is 2.04. The highest BCUT2D eigenvalue weighted by atomic mass is 16.6. The minimum atomic E-state index is -2.26. The number of carbonyl (C=O) groups excluding carboxylic acids is 5. The molecule has 0 bridgehead atoms. The van der Waals surface area contributed by atoms with Crippen LogP contribution in [0.5, 0.6) is 0 Å². The average Bonchev–Trinajstić information content (AvgIpc) is 2.75. The fourth-order valence-corrected chi connectivity index (χ4v) is 2.04. The second kappa shape index (κ2) is 19.9. The zero-order valence-electron chi connectivity index (χ0n) is 19.2. The van der Waals surface area contributed by atoms with Crippen LogP contribution in [-0.4, -0.2) is 97.0 Å². The molecule has 0 radical (unpaired) electrons. The van der Waals surface area contributed by atoms with E-state index in [4.69, 9.17) is 10.2 Å². The molecule has 0 saturated heterocycles. The minimum Gasteiger partial charge on any atom is -0.466 e. The maximum absolute atomic E-state index is 11.7. The van der Waals surface area contributed by atoms with E-state index in [1.54, 1.807) is 20.8 Å². The van der Waals surface area contributed by atoms with E-state index < -0.39 is 48.3 Å². The second-order valence-electron chi connectivity index (χ2n) is 6.10. The van der Waals surface area contributed by atoms with Gasteiger partial charge in [0, 0.05) is 0 Å². The van der Waals surface area contributed by atoms with Crippen molar-refractivity contribution in [1.29, 1.82) is 0 Å². The summed E-state index contributed by atoms with van der Waals surface area (Å²) < 4.78 is 23.0. The normalized spacial score (nSPS) is 10.2. The van der Waals surface area contributed by atoms with Crippen molar-refractivity contribution in [1.82, 2.24) is 0 Å². The Bertz CT molecular complexity index is 563. The third-order valence-electron chi connectivity index (χ3n) is 3.38. The second-order valence-corrected chi connectivity index (χ2v) is 6.10. The first-order chi connectivity index (χ1) is 15.6. The molecule has 0 rings (SSSR count). The average molecular weight is 482 g/mol. The summed E-state index contributed by atoms with van der Waals surface area (Å²) in [6.07, 6.45) is -1.47. The molecule has 0 fully saturated rings. The molecule has 0 aliphatic heterocycles. The van der Waals surface area contributed by atoms with Crippen LogP contribution in [0.25, 0.3) is 0 Å². The largest absolute Gasteiger partial charge is 0.466 e. The number of hydrogen-bond acceptors (Lipinski definition) is 13. The number of aliphatic hydroxyl groups excluding tert-OH is 2. The highest BCUT2D eigenvalue weighted by Gasteiger charge is 2.43. The number of carbonyl (C=O) groups is 5. The van der Waals surface area contributed by atoms with E-state index >= 15 is 0 Å². The number of esters is 5. The van der Waals surface area contributed by atoms with E-state index in [9.17, 15) is 29.1 Å². The molecule has 0 aromatic rings. The van der Waals surface area contributed by atoms with Crippen molar-refractivity contribution < 1.29 is 63.0 Å². The van der Waals surface area contributed by atoms with Crippen molar-refractivity contribution in [3.05, 3.63) is 0 Å². The third-order valence-corrected chi connectivity index (χ3v) is 3.38. The summed E-state index contributed by atoms with van der Waals surface area (Å²) in [6, 6.07) is 0. The lowest BCUT2D eigenvalue weighted by molar-refractivity contribution is -0.177. The number of ether oxygens (including phenoxy) is 5. The van der Waals surface area contributed by atoms with Gasteiger partial charge in [-0.25, -0.2) is 4.79 Å². The van der Waals surface area contributed by atoms with Crippen LogP contribution in [0.3, 0.4) is 0 Å². The van der Waals surface area contributed by atoms with Crippen LogP contribution in [0.4, 0.5) is 0 Å². The SMILES string of the molecule is CCOC(=O)CC(O)(CC(=O)OCC)C(=O)OCC.O=C(CCC(=O)OCCO)OCCO. The molecule has 0 aromatic carbocycles. The van der Waals surface area contributed by atoms with Crippen LogP contribution in [0.2, 0.25) is 0 Å². The van der Waals surface area contributed by atoms with E-state index in [1.165, 1.54) is 0 Å². The van der Waals surface area contributed by atoms with Gasteiger partial charge in [-0.2, -0.15) is 0 Å². The Labute approximate surface area is 191 Å². The summed E-state index contributed by atoms with van der Waals surface area (Å²) >= 11 is 0. The molecular formula is C20H34O13. The zero-order chi connectivity index (χ0) is 25.7. The van der Waals surface area contributed by atoms with Crippen molar-refractivity contribution in [2.45, 2.75) is 52.1 Å².